The van der Waals surface area contributed by atoms with Gasteiger partial charge in [-0.25, -0.2) is 9.59 Å². The predicted octanol–water partition coefficient (Wildman–Crippen LogP) is 2.99. The van der Waals surface area contributed by atoms with Crippen molar-refractivity contribution >= 4 is 59.7 Å². The van der Waals surface area contributed by atoms with Crippen molar-refractivity contribution in [2.45, 2.75) is 17.1 Å². The van der Waals surface area contributed by atoms with E-state index >= 15 is 0 Å². The largest absolute Gasteiger partial charge is 0.478 e. The topological polar surface area (TPSA) is 74.6 Å². The van der Waals surface area contributed by atoms with Crippen molar-refractivity contribution in [2.75, 3.05) is 5.33 Å². The van der Waals surface area contributed by atoms with E-state index in [4.69, 9.17) is 10.2 Å². The minimum Gasteiger partial charge on any atom is -0.478 e. The molecule has 2 N–H and O–H groups in total. The number of hydrogen-bond acceptors (Lipinski definition) is 2. The van der Waals surface area contributed by atoms with Gasteiger partial charge in [-0.15, -0.1) is 0 Å². The molecule has 0 aromatic heterocycles. The van der Waals surface area contributed by atoms with Crippen LogP contribution in [0.15, 0.2) is 11.6 Å². The van der Waals surface area contributed by atoms with E-state index in [-0.39, 0.29) is 5.57 Å². The number of alkyl halides is 3. The maximum atomic E-state index is 11.0. The van der Waals surface area contributed by atoms with Gasteiger partial charge in [0.05, 0.1) is 5.57 Å². The van der Waals surface area contributed by atoms with E-state index in [9.17, 15) is 9.59 Å². The van der Waals surface area contributed by atoms with Gasteiger partial charge in [-0.2, -0.15) is 0 Å². The molecule has 16 heavy (non-hydrogen) atoms. The summed E-state index contributed by atoms with van der Waals surface area (Å²) in [4.78, 5) is 21.6. The number of rotatable bonds is 5. The molecule has 7 heteroatoms. The molecule has 0 saturated carbocycles. The Morgan fingerprint density at radius 2 is 1.69 bits per heavy atom. The maximum absolute atomic E-state index is 11.0. The van der Waals surface area contributed by atoms with E-state index in [1.54, 1.807) is 13.8 Å². The summed E-state index contributed by atoms with van der Waals surface area (Å²) in [5, 5.41) is 18.1. The highest BCUT2D eigenvalue weighted by Gasteiger charge is 2.46. The molecule has 0 aliphatic rings. The maximum Gasteiger partial charge on any atom is 0.334 e. The molecule has 92 valence electrons. The summed E-state index contributed by atoms with van der Waals surface area (Å²) >= 11 is 9.73. The highest BCUT2D eigenvalue weighted by Crippen LogP contribution is 2.50. The van der Waals surface area contributed by atoms with E-state index in [0.717, 1.165) is 0 Å². The Labute approximate surface area is 118 Å². The van der Waals surface area contributed by atoms with Crippen LogP contribution in [-0.2, 0) is 9.59 Å². The molecule has 0 amide bonds. The van der Waals surface area contributed by atoms with Gasteiger partial charge in [0.2, 0.25) is 0 Å². The minimum absolute atomic E-state index is 0.260. The molecule has 0 spiro atoms. The lowest BCUT2D eigenvalue weighted by Gasteiger charge is -2.37. The van der Waals surface area contributed by atoms with E-state index in [1.807, 2.05) is 0 Å². The first kappa shape index (κ1) is 16.1. The lowest BCUT2D eigenvalue weighted by molar-refractivity contribution is -0.135. The quantitative estimate of drug-likeness (QED) is 0.527. The zero-order valence-corrected chi connectivity index (χ0v) is 13.4. The zero-order valence-electron chi connectivity index (χ0n) is 8.63. The fourth-order valence-electron chi connectivity index (χ4n) is 0.859. The lowest BCUT2D eigenvalue weighted by atomic mass is 9.87. The van der Waals surface area contributed by atoms with Crippen LogP contribution in [0.4, 0.5) is 0 Å². The minimum atomic E-state index is -1.30. The van der Waals surface area contributed by atoms with Gasteiger partial charge in [0.15, 0.2) is 0 Å². The second kappa shape index (κ2) is 5.64. The summed E-state index contributed by atoms with van der Waals surface area (Å²) in [6.07, 6.45) is 0.677. The van der Waals surface area contributed by atoms with Gasteiger partial charge in [-0.3, -0.25) is 0 Å². The van der Waals surface area contributed by atoms with Crippen molar-refractivity contribution in [2.24, 2.45) is 5.41 Å². The van der Waals surface area contributed by atoms with Gasteiger partial charge in [0.1, 0.15) is 3.23 Å². The molecular formula is C9H11Br3O4. The summed E-state index contributed by atoms with van der Waals surface area (Å²) in [5.74, 6) is -2.59. The number of halogens is 3. The third-order valence-electron chi connectivity index (χ3n) is 2.02. The Bertz CT molecular complexity index is 334. The van der Waals surface area contributed by atoms with E-state index in [0.29, 0.717) is 11.4 Å². The standard InChI is InChI=1S/C9H11Br3O4/c1-8(2,4-10)9(11,12)5(7(15)16)3-6(13)14/h3H,4H2,1-2H3,(H,13,14)(H,15,16)/b5-3+. The number of carbonyl (C=O) groups is 2. The third kappa shape index (κ3) is 3.56. The fraction of sp³-hybridized carbons (Fsp3) is 0.556. The van der Waals surface area contributed by atoms with Gasteiger partial charge in [-0.1, -0.05) is 61.6 Å². The van der Waals surface area contributed by atoms with Crippen molar-refractivity contribution in [3.63, 3.8) is 0 Å². The van der Waals surface area contributed by atoms with Crippen molar-refractivity contribution in [1.82, 2.24) is 0 Å². The molecule has 0 heterocycles. The highest BCUT2D eigenvalue weighted by atomic mass is 79.9. The second-order valence-corrected chi connectivity index (χ2v) is 7.80. The van der Waals surface area contributed by atoms with Crippen LogP contribution >= 0.6 is 47.8 Å². The summed E-state index contributed by atoms with van der Waals surface area (Å²) < 4.78 is -1.12. The van der Waals surface area contributed by atoms with Gasteiger partial charge < -0.3 is 10.2 Å². The summed E-state index contributed by atoms with van der Waals surface area (Å²) in [6.45, 7) is 3.59. The summed E-state index contributed by atoms with van der Waals surface area (Å²) in [7, 11) is 0. The molecule has 4 nitrogen and oxygen atoms in total. The fourth-order valence-corrected chi connectivity index (χ4v) is 2.88. The normalized spacial score (nSPS) is 13.7. The number of aliphatic carboxylic acids is 2. The van der Waals surface area contributed by atoms with Crippen LogP contribution in [0, 0.1) is 5.41 Å². The van der Waals surface area contributed by atoms with Crippen LogP contribution in [0.1, 0.15) is 13.8 Å². The van der Waals surface area contributed by atoms with Gasteiger partial charge in [0, 0.05) is 16.8 Å². The molecule has 0 atom stereocenters. The molecular weight excluding hydrogens is 412 g/mol. The smallest absolute Gasteiger partial charge is 0.334 e. The molecule has 0 rings (SSSR count). The Morgan fingerprint density at radius 3 is 1.94 bits per heavy atom. The number of carboxylic acids is 2. The van der Waals surface area contributed by atoms with E-state index < -0.39 is 20.6 Å². The molecule has 0 bridgehead atoms. The van der Waals surface area contributed by atoms with Gasteiger partial charge >= 0.3 is 11.9 Å². The lowest BCUT2D eigenvalue weighted by Crippen LogP contribution is -2.39. The molecule has 0 aliphatic heterocycles. The van der Waals surface area contributed by atoms with Crippen LogP contribution < -0.4 is 0 Å². The molecule has 0 aromatic carbocycles. The van der Waals surface area contributed by atoms with Gasteiger partial charge in [-0.05, 0) is 0 Å². The van der Waals surface area contributed by atoms with Crippen molar-refractivity contribution in [3.05, 3.63) is 11.6 Å². The highest BCUT2D eigenvalue weighted by molar-refractivity contribution is 9.25. The third-order valence-corrected chi connectivity index (χ3v) is 6.42. The molecule has 0 aromatic rings. The van der Waals surface area contributed by atoms with Crippen LogP contribution in [0.25, 0.3) is 0 Å². The van der Waals surface area contributed by atoms with Gasteiger partial charge in [0.25, 0.3) is 0 Å². The molecule has 0 unspecified atom stereocenters. The van der Waals surface area contributed by atoms with Crippen LogP contribution in [0.3, 0.4) is 0 Å². The van der Waals surface area contributed by atoms with E-state index in [1.165, 1.54) is 0 Å². The van der Waals surface area contributed by atoms with Crippen molar-refractivity contribution in [3.8, 4) is 0 Å². The SMILES string of the molecule is CC(C)(CBr)C(Br)(Br)/C(=C/C(=O)O)C(=O)O. The molecule has 0 aliphatic carbocycles. The first-order valence-corrected chi connectivity index (χ1v) is 6.89. The monoisotopic (exact) mass is 420 g/mol. The Balaban J connectivity index is 5.55. The van der Waals surface area contributed by atoms with Crippen molar-refractivity contribution in [1.29, 1.82) is 0 Å². The van der Waals surface area contributed by atoms with Crippen LogP contribution in [0.2, 0.25) is 0 Å². The van der Waals surface area contributed by atoms with Crippen LogP contribution in [-0.4, -0.2) is 30.7 Å². The predicted molar refractivity (Wildman–Crippen MR) is 71.5 cm³/mol. The second-order valence-electron chi connectivity index (χ2n) is 3.79. The Hall–Kier alpha value is 0.120. The first-order valence-electron chi connectivity index (χ1n) is 4.18. The average Bonchev–Trinajstić information content (AvgIpc) is 2.12. The zero-order chi connectivity index (χ0) is 13.1. The Morgan fingerprint density at radius 1 is 1.25 bits per heavy atom. The van der Waals surface area contributed by atoms with Crippen LogP contribution in [0.5, 0.6) is 0 Å². The van der Waals surface area contributed by atoms with Crippen molar-refractivity contribution < 1.29 is 19.8 Å². The van der Waals surface area contributed by atoms with E-state index in [2.05, 4.69) is 47.8 Å². The number of carboxylic acid groups (broad SMARTS) is 2. The summed E-state index contributed by atoms with van der Waals surface area (Å²) in [6, 6.07) is 0. The Kier molecular flexibility index (Phi) is 5.68. The average molecular weight is 423 g/mol. The first-order chi connectivity index (χ1) is 7.06. The number of hydrogen-bond donors (Lipinski definition) is 2. The molecule has 0 radical (unpaired) electrons. The molecule has 0 saturated heterocycles. The summed E-state index contributed by atoms with van der Waals surface area (Å²) in [5.41, 5.74) is -0.795. The molecule has 0 fully saturated rings.